The highest BCUT2D eigenvalue weighted by molar-refractivity contribution is 6.07. The van der Waals surface area contributed by atoms with Gasteiger partial charge in [0.05, 0.1) is 12.6 Å². The number of rotatable bonds is 4. The van der Waals surface area contributed by atoms with Crippen LogP contribution in [0, 0.1) is 18.7 Å². The van der Waals surface area contributed by atoms with Crippen molar-refractivity contribution in [2.45, 2.75) is 38.3 Å². The summed E-state index contributed by atoms with van der Waals surface area (Å²) in [6.07, 6.45) is 0.822. The number of nitrogens with zero attached hydrogens (tertiary/aromatic N) is 1. The van der Waals surface area contributed by atoms with Crippen molar-refractivity contribution in [3.05, 3.63) is 35.1 Å². The quantitative estimate of drug-likeness (QED) is 0.835. The van der Waals surface area contributed by atoms with Gasteiger partial charge >= 0.3 is 6.03 Å². The number of aliphatic hydroxyl groups excluding tert-OH is 1. The standard InChI is InChI=1S/C16H19FN2O3/c1-9-7-11(17)5-6-12(9)13(20)8-19-14(21)16(2,10-3-4-10)18-15(19)22/h5-7,10,13,20H,3-4,8H2,1-2H3,(H,18,22). The number of nitrogens with one attached hydrogen (secondary N) is 1. The number of carbonyl (C=O) groups is 2. The molecule has 2 aliphatic rings. The van der Waals surface area contributed by atoms with Crippen molar-refractivity contribution in [2.75, 3.05) is 6.54 Å². The number of urea groups is 1. The Balaban J connectivity index is 1.77. The van der Waals surface area contributed by atoms with Crippen LogP contribution in [0.4, 0.5) is 9.18 Å². The third-order valence-corrected chi connectivity index (χ3v) is 4.64. The van der Waals surface area contributed by atoms with E-state index in [2.05, 4.69) is 5.32 Å². The Kier molecular flexibility index (Phi) is 3.44. The molecule has 22 heavy (non-hydrogen) atoms. The second-order valence-corrected chi connectivity index (χ2v) is 6.34. The van der Waals surface area contributed by atoms with Crippen molar-refractivity contribution in [1.82, 2.24) is 10.2 Å². The molecule has 2 N–H and O–H groups in total. The van der Waals surface area contributed by atoms with Gasteiger partial charge in [-0.05, 0) is 55.9 Å². The topological polar surface area (TPSA) is 69.6 Å². The van der Waals surface area contributed by atoms with E-state index in [1.54, 1.807) is 13.8 Å². The van der Waals surface area contributed by atoms with E-state index in [4.69, 9.17) is 0 Å². The van der Waals surface area contributed by atoms with Gasteiger partial charge in [-0.2, -0.15) is 0 Å². The van der Waals surface area contributed by atoms with Gasteiger partial charge in [0.1, 0.15) is 11.4 Å². The molecular weight excluding hydrogens is 287 g/mol. The molecule has 1 aliphatic heterocycles. The number of imide groups is 1. The number of amides is 3. The Labute approximate surface area is 128 Å². The van der Waals surface area contributed by atoms with E-state index in [9.17, 15) is 19.1 Å². The maximum atomic E-state index is 13.1. The van der Waals surface area contributed by atoms with Crippen LogP contribution < -0.4 is 5.32 Å². The van der Waals surface area contributed by atoms with E-state index in [0.717, 1.165) is 17.7 Å². The molecule has 1 saturated carbocycles. The monoisotopic (exact) mass is 306 g/mol. The molecule has 0 spiro atoms. The van der Waals surface area contributed by atoms with E-state index in [0.29, 0.717) is 11.1 Å². The summed E-state index contributed by atoms with van der Waals surface area (Å²) in [5, 5.41) is 13.1. The van der Waals surface area contributed by atoms with Crippen LogP contribution in [0.1, 0.15) is 37.0 Å². The number of β-amino-alcohol motifs (C(OH)–C–C–N with tert-alkyl or cyclic N) is 1. The van der Waals surface area contributed by atoms with Gasteiger partial charge in [-0.1, -0.05) is 6.07 Å². The second kappa shape index (κ2) is 5.05. The van der Waals surface area contributed by atoms with Crippen LogP contribution in [-0.4, -0.2) is 34.0 Å². The number of carbonyl (C=O) groups excluding carboxylic acids is 2. The molecule has 118 valence electrons. The highest BCUT2D eigenvalue weighted by atomic mass is 19.1. The minimum Gasteiger partial charge on any atom is -0.387 e. The van der Waals surface area contributed by atoms with E-state index in [1.807, 2.05) is 0 Å². The first-order valence-electron chi connectivity index (χ1n) is 7.41. The molecular formula is C16H19FN2O3. The third-order valence-electron chi connectivity index (χ3n) is 4.64. The van der Waals surface area contributed by atoms with E-state index >= 15 is 0 Å². The van der Waals surface area contributed by atoms with Gasteiger partial charge < -0.3 is 10.4 Å². The average Bonchev–Trinajstić information content (AvgIpc) is 3.25. The molecule has 1 heterocycles. The number of aliphatic hydroxyl groups is 1. The van der Waals surface area contributed by atoms with E-state index in [-0.39, 0.29) is 24.2 Å². The van der Waals surface area contributed by atoms with Gasteiger partial charge in [-0.3, -0.25) is 9.69 Å². The Morgan fingerprint density at radius 1 is 1.45 bits per heavy atom. The summed E-state index contributed by atoms with van der Waals surface area (Å²) in [7, 11) is 0. The van der Waals surface area contributed by atoms with Crippen molar-refractivity contribution in [3.63, 3.8) is 0 Å². The Bertz CT molecular complexity index is 644. The van der Waals surface area contributed by atoms with Crippen molar-refractivity contribution in [1.29, 1.82) is 0 Å². The summed E-state index contributed by atoms with van der Waals surface area (Å²) in [5.74, 6) is -0.498. The van der Waals surface area contributed by atoms with Crippen LogP contribution in [0.3, 0.4) is 0 Å². The molecule has 2 unspecified atom stereocenters. The predicted molar refractivity (Wildman–Crippen MR) is 77.5 cm³/mol. The lowest BCUT2D eigenvalue weighted by molar-refractivity contribution is -0.132. The minimum atomic E-state index is -1.03. The summed E-state index contributed by atoms with van der Waals surface area (Å²) >= 11 is 0. The Morgan fingerprint density at radius 2 is 2.14 bits per heavy atom. The van der Waals surface area contributed by atoms with Gasteiger partial charge in [0.15, 0.2) is 0 Å². The van der Waals surface area contributed by atoms with Crippen molar-refractivity contribution in [2.24, 2.45) is 5.92 Å². The molecule has 1 aromatic rings. The number of aryl methyl sites for hydroxylation is 1. The molecule has 1 saturated heterocycles. The lowest BCUT2D eigenvalue weighted by Crippen LogP contribution is -2.46. The number of benzene rings is 1. The Morgan fingerprint density at radius 3 is 2.73 bits per heavy atom. The smallest absolute Gasteiger partial charge is 0.325 e. The van der Waals surface area contributed by atoms with Crippen LogP contribution in [0.25, 0.3) is 0 Å². The van der Waals surface area contributed by atoms with E-state index < -0.39 is 17.7 Å². The van der Waals surface area contributed by atoms with Gasteiger partial charge in [0.2, 0.25) is 0 Å². The highest BCUT2D eigenvalue weighted by Crippen LogP contribution is 2.42. The molecule has 0 bridgehead atoms. The highest BCUT2D eigenvalue weighted by Gasteiger charge is 2.56. The maximum absolute atomic E-state index is 13.1. The Hall–Kier alpha value is -1.95. The van der Waals surface area contributed by atoms with E-state index in [1.165, 1.54) is 18.2 Å². The molecule has 3 amide bonds. The number of halogens is 1. The summed E-state index contributed by atoms with van der Waals surface area (Å²) in [6.45, 7) is 3.29. The third kappa shape index (κ3) is 2.37. The minimum absolute atomic E-state index is 0.126. The molecule has 0 radical (unpaired) electrons. The van der Waals surface area contributed by atoms with Gasteiger partial charge in [-0.25, -0.2) is 9.18 Å². The summed E-state index contributed by atoms with van der Waals surface area (Å²) < 4.78 is 13.1. The molecule has 0 aromatic heterocycles. The van der Waals surface area contributed by atoms with Gasteiger partial charge in [0.25, 0.3) is 5.91 Å². The number of hydrogen-bond acceptors (Lipinski definition) is 3. The van der Waals surface area contributed by atoms with Gasteiger partial charge in [-0.15, -0.1) is 0 Å². The zero-order chi connectivity index (χ0) is 16.1. The van der Waals surface area contributed by atoms with Crippen molar-refractivity contribution < 1.29 is 19.1 Å². The SMILES string of the molecule is Cc1cc(F)ccc1C(O)CN1C(=O)NC(C)(C2CC2)C1=O. The van der Waals surface area contributed by atoms with Crippen molar-refractivity contribution in [3.8, 4) is 0 Å². The van der Waals surface area contributed by atoms with Crippen LogP contribution in [-0.2, 0) is 4.79 Å². The first-order valence-corrected chi connectivity index (χ1v) is 7.41. The fourth-order valence-corrected chi connectivity index (χ4v) is 3.10. The molecule has 1 aromatic carbocycles. The zero-order valence-corrected chi connectivity index (χ0v) is 12.6. The maximum Gasteiger partial charge on any atom is 0.325 e. The summed E-state index contributed by atoms with van der Waals surface area (Å²) in [4.78, 5) is 25.6. The molecule has 5 nitrogen and oxygen atoms in total. The van der Waals surface area contributed by atoms with Gasteiger partial charge in [0, 0.05) is 0 Å². The second-order valence-electron chi connectivity index (χ2n) is 6.34. The summed E-state index contributed by atoms with van der Waals surface area (Å²) in [5.41, 5.74) is 0.251. The summed E-state index contributed by atoms with van der Waals surface area (Å²) in [6, 6.07) is 3.58. The zero-order valence-electron chi connectivity index (χ0n) is 12.6. The molecule has 2 atom stereocenters. The first-order chi connectivity index (χ1) is 10.3. The normalized spacial score (nSPS) is 26.3. The lowest BCUT2D eigenvalue weighted by Gasteiger charge is -2.22. The van der Waals surface area contributed by atoms with Crippen molar-refractivity contribution >= 4 is 11.9 Å². The molecule has 6 heteroatoms. The average molecular weight is 306 g/mol. The fraction of sp³-hybridized carbons (Fsp3) is 0.500. The fourth-order valence-electron chi connectivity index (χ4n) is 3.10. The largest absolute Gasteiger partial charge is 0.387 e. The van der Waals surface area contributed by atoms with Crippen LogP contribution in [0.5, 0.6) is 0 Å². The predicted octanol–water partition coefficient (Wildman–Crippen LogP) is 1.89. The van der Waals surface area contributed by atoms with Crippen LogP contribution in [0.15, 0.2) is 18.2 Å². The lowest BCUT2D eigenvalue weighted by atomic mass is 9.96. The number of hydrogen-bond donors (Lipinski definition) is 2. The first kappa shape index (κ1) is 15.0. The molecule has 1 aliphatic carbocycles. The van der Waals surface area contributed by atoms with Crippen LogP contribution in [0.2, 0.25) is 0 Å². The molecule has 2 fully saturated rings. The molecule has 3 rings (SSSR count). The van der Waals surface area contributed by atoms with Crippen LogP contribution >= 0.6 is 0 Å².